The minimum Gasteiger partial charge on any atom is -0.612 e. The van der Waals surface area contributed by atoms with E-state index >= 15 is 0 Å². The fraction of sp³-hybridized carbons (Fsp3) is 0.712. The van der Waals surface area contributed by atoms with Crippen molar-refractivity contribution >= 4 is 37.6 Å². The van der Waals surface area contributed by atoms with Gasteiger partial charge in [0.15, 0.2) is 4.90 Å². The quantitative estimate of drug-likeness (QED) is 0.0548. The van der Waals surface area contributed by atoms with Crippen molar-refractivity contribution in [2.45, 2.75) is 182 Å². The zero-order valence-corrected chi connectivity index (χ0v) is 41.2. The molecule has 0 N–H and O–H groups in total. The Labute approximate surface area is 386 Å². The van der Waals surface area contributed by atoms with Gasteiger partial charge in [0.2, 0.25) is 9.84 Å². The van der Waals surface area contributed by atoms with Gasteiger partial charge in [-0.05, 0) is 99.3 Å². The first-order valence-corrected chi connectivity index (χ1v) is 28.5. The lowest BCUT2D eigenvalue weighted by atomic mass is 9.99. The summed E-state index contributed by atoms with van der Waals surface area (Å²) in [5.74, 6) is 0.692. The number of benzene rings is 2. The van der Waals surface area contributed by atoms with E-state index in [-0.39, 0.29) is 9.79 Å². The van der Waals surface area contributed by atoms with Crippen molar-refractivity contribution < 1.29 is 17.7 Å². The molecule has 9 nitrogen and oxygen atoms in total. The molecule has 0 amide bonds. The summed E-state index contributed by atoms with van der Waals surface area (Å²) in [4.78, 5) is 16.0. The number of rotatable bonds is 27. The second-order valence-electron chi connectivity index (χ2n) is 18.9. The van der Waals surface area contributed by atoms with Crippen molar-refractivity contribution in [1.82, 2.24) is 19.7 Å². The highest BCUT2D eigenvalue weighted by Crippen LogP contribution is 2.39. The average Bonchev–Trinajstić information content (AvgIpc) is 3.32. The number of hydrogen-bond donors (Lipinski definition) is 0. The second-order valence-corrected chi connectivity index (χ2v) is 22.2. The Bertz CT molecular complexity index is 1850. The van der Waals surface area contributed by atoms with E-state index in [1.165, 1.54) is 135 Å². The number of fused-ring (bicyclic) bond motifs is 1. The second kappa shape index (κ2) is 26.7. The Kier molecular flexibility index (Phi) is 21.2. The standard InChI is InChI=1S/C52H83N5O4S2/c1-4-6-7-8-9-10-11-12-13-14-15-16-17-18-19-20-21-22-41-61-46-23-26-48(27-24-46)63(59,60)51-43-53-50-28-25-47(62(3)58)42-49(50)52(51)57-35-31-45(32-36-57)56-39-37-55(38-40-56)44-29-33-54(5-2)34-30-44/h23-28,42-45H,4-22,29-41H2,1-3H3/t62-/m1/s1. The molecule has 352 valence electrons. The van der Waals surface area contributed by atoms with Crippen LogP contribution in [-0.2, 0) is 21.0 Å². The summed E-state index contributed by atoms with van der Waals surface area (Å²) in [6.07, 6.45) is 32.0. The third-order valence-electron chi connectivity index (χ3n) is 14.5. The van der Waals surface area contributed by atoms with E-state index in [0.29, 0.717) is 40.5 Å². The molecular weight excluding hydrogens is 823 g/mol. The minimum atomic E-state index is -3.93. The highest BCUT2D eigenvalue weighted by molar-refractivity contribution is 7.91. The predicted molar refractivity (Wildman–Crippen MR) is 264 cm³/mol. The van der Waals surface area contributed by atoms with Crippen LogP contribution in [0, 0.1) is 0 Å². The smallest absolute Gasteiger partial charge is 0.210 e. The van der Waals surface area contributed by atoms with Crippen molar-refractivity contribution in [2.24, 2.45) is 0 Å². The lowest BCUT2D eigenvalue weighted by Gasteiger charge is -2.46. The van der Waals surface area contributed by atoms with E-state index in [1.807, 2.05) is 18.2 Å². The lowest BCUT2D eigenvalue weighted by molar-refractivity contribution is 0.0384. The van der Waals surface area contributed by atoms with Gasteiger partial charge in [0.1, 0.15) is 16.9 Å². The zero-order chi connectivity index (χ0) is 44.3. The molecule has 4 heterocycles. The summed E-state index contributed by atoms with van der Waals surface area (Å²) in [5.41, 5.74) is 1.40. The highest BCUT2D eigenvalue weighted by atomic mass is 32.2. The maximum Gasteiger partial charge on any atom is 0.210 e. The first-order chi connectivity index (χ1) is 30.8. The van der Waals surface area contributed by atoms with Crippen molar-refractivity contribution in [1.29, 1.82) is 0 Å². The van der Waals surface area contributed by atoms with Gasteiger partial charge in [-0.1, -0.05) is 123 Å². The maximum absolute atomic E-state index is 14.5. The number of unbranched alkanes of at least 4 members (excludes halogenated alkanes) is 17. The van der Waals surface area contributed by atoms with E-state index in [4.69, 9.17) is 4.74 Å². The van der Waals surface area contributed by atoms with Gasteiger partial charge in [-0.25, -0.2) is 8.42 Å². The number of aromatic nitrogens is 1. The van der Waals surface area contributed by atoms with E-state index in [9.17, 15) is 13.0 Å². The van der Waals surface area contributed by atoms with Crippen LogP contribution >= 0.6 is 0 Å². The molecule has 3 aliphatic heterocycles. The average molecular weight is 906 g/mol. The van der Waals surface area contributed by atoms with Gasteiger partial charge in [0, 0.05) is 69.0 Å². The third-order valence-corrected chi connectivity index (χ3v) is 17.2. The summed E-state index contributed by atoms with van der Waals surface area (Å²) in [6, 6.07) is 13.7. The van der Waals surface area contributed by atoms with Gasteiger partial charge in [0.05, 0.1) is 22.7 Å². The molecule has 63 heavy (non-hydrogen) atoms. The fourth-order valence-electron chi connectivity index (χ4n) is 10.4. The Morgan fingerprint density at radius 3 is 1.63 bits per heavy atom. The largest absolute Gasteiger partial charge is 0.612 e. The molecule has 0 bridgehead atoms. The molecule has 0 aliphatic carbocycles. The SMILES string of the molecule is CCCCCCCCCCCCCCCCCCCCOc1ccc(S(=O)(=O)c2cnc3ccc([S@@+](C)[O-])cc3c2N2CCC(N3CCN(C4CCN(CC)CC4)CC3)CC2)cc1. The summed E-state index contributed by atoms with van der Waals surface area (Å²) < 4.78 is 47.8. The summed E-state index contributed by atoms with van der Waals surface area (Å²) in [5, 5.41) is 0.745. The number of nitrogens with zero attached hydrogens (tertiary/aromatic N) is 5. The first kappa shape index (κ1) is 50.0. The maximum atomic E-state index is 14.5. The molecule has 6 rings (SSSR count). The van der Waals surface area contributed by atoms with E-state index in [0.717, 1.165) is 76.9 Å². The molecule has 0 radical (unpaired) electrons. The summed E-state index contributed by atoms with van der Waals surface area (Å²) in [6.45, 7) is 14.8. The summed E-state index contributed by atoms with van der Waals surface area (Å²) in [7, 11) is -3.93. The first-order valence-electron chi connectivity index (χ1n) is 25.5. The highest BCUT2D eigenvalue weighted by Gasteiger charge is 2.34. The number of ether oxygens (including phenoxy) is 1. The van der Waals surface area contributed by atoms with Crippen LogP contribution in [0.25, 0.3) is 10.9 Å². The van der Waals surface area contributed by atoms with Crippen LogP contribution in [0.5, 0.6) is 5.75 Å². The number of pyridine rings is 1. The Balaban J connectivity index is 0.948. The van der Waals surface area contributed by atoms with Gasteiger partial charge in [-0.3, -0.25) is 14.8 Å². The summed E-state index contributed by atoms with van der Waals surface area (Å²) >= 11 is -1.21. The number of anilines is 1. The fourth-order valence-corrected chi connectivity index (χ4v) is 12.4. The van der Waals surface area contributed by atoms with Crippen LogP contribution in [-0.4, -0.2) is 117 Å². The molecular formula is C52H83N5O4S2. The van der Waals surface area contributed by atoms with E-state index < -0.39 is 21.0 Å². The van der Waals surface area contributed by atoms with E-state index in [2.05, 4.69) is 38.4 Å². The molecule has 0 spiro atoms. The van der Waals surface area contributed by atoms with E-state index in [1.54, 1.807) is 30.5 Å². The number of likely N-dealkylation sites (tertiary alicyclic amines) is 1. The van der Waals surface area contributed by atoms with Gasteiger partial charge >= 0.3 is 0 Å². The molecule has 0 saturated carbocycles. The molecule has 3 saturated heterocycles. The van der Waals surface area contributed by atoms with Crippen molar-refractivity contribution in [2.75, 3.05) is 76.7 Å². The molecule has 3 fully saturated rings. The van der Waals surface area contributed by atoms with Crippen LogP contribution in [0.4, 0.5) is 5.69 Å². The topological polar surface area (TPSA) is 92.3 Å². The molecule has 1 aromatic heterocycles. The molecule has 0 unspecified atom stereocenters. The van der Waals surface area contributed by atoms with Gasteiger partial charge in [-0.15, -0.1) is 0 Å². The zero-order valence-electron chi connectivity index (χ0n) is 39.6. The van der Waals surface area contributed by atoms with Gasteiger partial charge < -0.3 is 19.1 Å². The molecule has 1 atom stereocenters. The van der Waals surface area contributed by atoms with Crippen molar-refractivity contribution in [3.05, 3.63) is 48.7 Å². The molecule has 2 aromatic carbocycles. The predicted octanol–water partition coefficient (Wildman–Crippen LogP) is 11.3. The Hall–Kier alpha value is -2.41. The van der Waals surface area contributed by atoms with Crippen molar-refractivity contribution in [3.8, 4) is 5.75 Å². The molecule has 11 heteroatoms. The van der Waals surface area contributed by atoms with Crippen molar-refractivity contribution in [3.63, 3.8) is 0 Å². The van der Waals surface area contributed by atoms with Gasteiger partial charge in [-0.2, -0.15) is 0 Å². The number of sulfone groups is 1. The Morgan fingerprint density at radius 1 is 0.651 bits per heavy atom. The van der Waals surface area contributed by atoms with Crippen LogP contribution in [0.1, 0.15) is 155 Å². The molecule has 3 aromatic rings. The number of hydrogen-bond acceptors (Lipinski definition) is 9. The van der Waals surface area contributed by atoms with Crippen LogP contribution in [0.3, 0.4) is 0 Å². The number of piperazine rings is 1. The minimum absolute atomic E-state index is 0.211. The Morgan fingerprint density at radius 2 is 1.14 bits per heavy atom. The lowest BCUT2D eigenvalue weighted by Crippen LogP contribution is -2.56. The molecule has 3 aliphatic rings. The third kappa shape index (κ3) is 15.1. The monoisotopic (exact) mass is 906 g/mol. The van der Waals surface area contributed by atoms with Crippen LogP contribution < -0.4 is 9.64 Å². The van der Waals surface area contributed by atoms with Gasteiger partial charge in [0.25, 0.3) is 0 Å². The normalized spacial score (nSPS) is 18.4. The van der Waals surface area contributed by atoms with Crippen LogP contribution in [0.2, 0.25) is 0 Å². The van der Waals surface area contributed by atoms with Crippen LogP contribution in [0.15, 0.2) is 63.3 Å². The number of piperidine rings is 2.